The van der Waals surface area contributed by atoms with E-state index in [0.29, 0.717) is 23.4 Å². The molecule has 0 aliphatic heterocycles. The molecule has 0 bridgehead atoms. The van der Waals surface area contributed by atoms with Gasteiger partial charge in [0.25, 0.3) is 0 Å². The van der Waals surface area contributed by atoms with Gasteiger partial charge in [-0.05, 0) is 33.1 Å². The number of hydrogen-bond donors (Lipinski definition) is 0. The fourth-order valence-corrected chi connectivity index (χ4v) is 3.03. The van der Waals surface area contributed by atoms with Crippen LogP contribution < -0.4 is 4.90 Å². The smallest absolute Gasteiger partial charge is 0.415 e. The molecule has 0 radical (unpaired) electrons. The maximum absolute atomic E-state index is 12.6. The summed E-state index contributed by atoms with van der Waals surface area (Å²) in [5.74, 6) is 0.509. The van der Waals surface area contributed by atoms with Crippen molar-refractivity contribution in [3.63, 3.8) is 0 Å². The Kier molecular flexibility index (Phi) is 5.14. The Morgan fingerprint density at radius 3 is 2.70 bits per heavy atom. The predicted molar refractivity (Wildman–Crippen MR) is 100 cm³/mol. The van der Waals surface area contributed by atoms with Crippen LogP contribution in [0.15, 0.2) is 12.3 Å². The molecule has 8 nitrogen and oxygen atoms in total. The van der Waals surface area contributed by atoms with E-state index in [4.69, 9.17) is 21.1 Å². The van der Waals surface area contributed by atoms with Gasteiger partial charge < -0.3 is 9.47 Å². The summed E-state index contributed by atoms with van der Waals surface area (Å²) in [6.45, 7) is 5.34. The number of halogens is 1. The first-order valence-electron chi connectivity index (χ1n) is 8.67. The van der Waals surface area contributed by atoms with E-state index in [1.165, 1.54) is 21.7 Å². The van der Waals surface area contributed by atoms with Gasteiger partial charge in [0, 0.05) is 26.6 Å². The molecule has 9 heteroatoms. The van der Waals surface area contributed by atoms with Crippen LogP contribution in [0.3, 0.4) is 0 Å². The van der Waals surface area contributed by atoms with Gasteiger partial charge in [-0.25, -0.2) is 9.78 Å². The molecule has 1 unspecified atom stereocenters. The zero-order valence-corrected chi connectivity index (χ0v) is 16.8. The summed E-state index contributed by atoms with van der Waals surface area (Å²) in [5.41, 5.74) is 0.0416. The molecule has 0 N–H and O–H groups in total. The maximum atomic E-state index is 12.6. The third-order valence-electron chi connectivity index (χ3n) is 4.34. The number of rotatable bonds is 5. The van der Waals surface area contributed by atoms with E-state index in [2.05, 4.69) is 10.1 Å². The standard InChI is InChI=1S/C18H23ClN4O4/c1-18(2,3)27-17(25)22(4)15-8-14(19)21-16-11(9-20-23(15)16)12(24)6-10-7-13(10)26-5/h8-10,13H,6-7H2,1-5H3/t10?,13-/m0/s1. The Hall–Kier alpha value is -2.19. The molecule has 27 heavy (non-hydrogen) atoms. The summed E-state index contributed by atoms with van der Waals surface area (Å²) >= 11 is 6.14. The Bertz CT molecular complexity index is 889. The zero-order valence-electron chi connectivity index (χ0n) is 16.0. The molecule has 0 saturated heterocycles. The molecular weight excluding hydrogens is 372 g/mol. The second kappa shape index (κ2) is 7.09. The number of carbonyl (C=O) groups excluding carboxylic acids is 2. The van der Waals surface area contributed by atoms with Crippen LogP contribution in [0.4, 0.5) is 10.6 Å². The van der Waals surface area contributed by atoms with Crippen LogP contribution in [0.1, 0.15) is 44.0 Å². The van der Waals surface area contributed by atoms with Crippen molar-refractivity contribution in [2.75, 3.05) is 19.1 Å². The quantitative estimate of drug-likeness (QED) is 0.571. The molecule has 1 aliphatic rings. The van der Waals surface area contributed by atoms with Crippen molar-refractivity contribution in [1.29, 1.82) is 0 Å². The first kappa shape index (κ1) is 19.6. The number of ketones is 1. The van der Waals surface area contributed by atoms with E-state index in [9.17, 15) is 9.59 Å². The molecule has 3 rings (SSSR count). The Labute approximate surface area is 162 Å². The zero-order chi connectivity index (χ0) is 19.9. The van der Waals surface area contributed by atoms with Crippen LogP contribution in [0.5, 0.6) is 0 Å². The van der Waals surface area contributed by atoms with Gasteiger partial charge in [-0.3, -0.25) is 9.69 Å². The number of hydrogen-bond acceptors (Lipinski definition) is 6. The summed E-state index contributed by atoms with van der Waals surface area (Å²) in [5, 5.41) is 4.40. The fourth-order valence-electron chi connectivity index (χ4n) is 2.85. The summed E-state index contributed by atoms with van der Waals surface area (Å²) in [6, 6.07) is 1.50. The highest BCUT2D eigenvalue weighted by Gasteiger charge is 2.39. The van der Waals surface area contributed by atoms with Gasteiger partial charge in [-0.2, -0.15) is 9.61 Å². The molecular formula is C18H23ClN4O4. The molecule has 146 valence electrons. The van der Waals surface area contributed by atoms with Crippen LogP contribution >= 0.6 is 11.6 Å². The summed E-state index contributed by atoms with van der Waals surface area (Å²) in [7, 11) is 3.19. The lowest BCUT2D eigenvalue weighted by Gasteiger charge is -2.24. The van der Waals surface area contributed by atoms with Crippen molar-refractivity contribution in [2.24, 2.45) is 5.92 Å². The molecule has 1 amide bonds. The van der Waals surface area contributed by atoms with E-state index in [1.54, 1.807) is 34.9 Å². The Balaban J connectivity index is 1.91. The third kappa shape index (κ3) is 4.22. The van der Waals surface area contributed by atoms with Crippen LogP contribution in [0.25, 0.3) is 5.65 Å². The fraction of sp³-hybridized carbons (Fsp3) is 0.556. The highest BCUT2D eigenvalue weighted by atomic mass is 35.5. The van der Waals surface area contributed by atoms with Gasteiger partial charge in [0.1, 0.15) is 16.6 Å². The van der Waals surface area contributed by atoms with Crippen LogP contribution in [0.2, 0.25) is 5.15 Å². The lowest BCUT2D eigenvalue weighted by Crippen LogP contribution is -2.35. The van der Waals surface area contributed by atoms with Crippen molar-refractivity contribution in [3.05, 3.63) is 23.0 Å². The number of amides is 1. The van der Waals surface area contributed by atoms with E-state index in [1.807, 2.05) is 0 Å². The van der Waals surface area contributed by atoms with Gasteiger partial charge in [-0.1, -0.05) is 11.6 Å². The Morgan fingerprint density at radius 1 is 1.41 bits per heavy atom. The van der Waals surface area contributed by atoms with Gasteiger partial charge in [-0.15, -0.1) is 0 Å². The largest absolute Gasteiger partial charge is 0.443 e. The number of aromatic nitrogens is 3. The normalized spacial score (nSPS) is 19.2. The minimum Gasteiger partial charge on any atom is -0.443 e. The van der Waals surface area contributed by atoms with Gasteiger partial charge in [0.05, 0.1) is 17.9 Å². The summed E-state index contributed by atoms with van der Waals surface area (Å²) in [6.07, 6.45) is 2.28. The van der Waals surface area contributed by atoms with Crippen LogP contribution in [0, 0.1) is 5.92 Å². The second-order valence-electron chi connectivity index (χ2n) is 7.67. The van der Waals surface area contributed by atoms with Crippen molar-refractivity contribution < 1.29 is 19.1 Å². The topological polar surface area (TPSA) is 86.0 Å². The molecule has 0 aromatic carbocycles. The van der Waals surface area contributed by atoms with Crippen LogP contribution in [-0.2, 0) is 9.47 Å². The first-order valence-corrected chi connectivity index (χ1v) is 9.05. The number of nitrogens with zero attached hydrogens (tertiary/aromatic N) is 4. The average molecular weight is 395 g/mol. The predicted octanol–water partition coefficient (Wildman–Crippen LogP) is 3.36. The summed E-state index contributed by atoms with van der Waals surface area (Å²) in [4.78, 5) is 30.6. The lowest BCUT2D eigenvalue weighted by molar-refractivity contribution is 0.0587. The number of ether oxygens (including phenoxy) is 2. The van der Waals surface area contributed by atoms with E-state index < -0.39 is 11.7 Å². The first-order chi connectivity index (χ1) is 12.6. The monoisotopic (exact) mass is 394 g/mol. The minimum absolute atomic E-state index is 0.0739. The van der Waals surface area contributed by atoms with Crippen molar-refractivity contribution >= 4 is 34.9 Å². The van der Waals surface area contributed by atoms with E-state index >= 15 is 0 Å². The summed E-state index contributed by atoms with van der Waals surface area (Å²) < 4.78 is 12.1. The number of Topliss-reactive ketones (excluding diaryl/α,β-unsaturated/α-hetero) is 1. The second-order valence-corrected chi connectivity index (χ2v) is 8.05. The molecule has 0 spiro atoms. The molecule has 2 aromatic heterocycles. The third-order valence-corrected chi connectivity index (χ3v) is 4.53. The minimum atomic E-state index is -0.644. The maximum Gasteiger partial charge on any atom is 0.415 e. The van der Waals surface area contributed by atoms with Crippen LogP contribution in [-0.4, -0.2) is 52.3 Å². The molecule has 2 aromatic rings. The van der Waals surface area contributed by atoms with Gasteiger partial charge in [0.15, 0.2) is 11.4 Å². The molecule has 2 heterocycles. The number of carbonyl (C=O) groups is 2. The van der Waals surface area contributed by atoms with Gasteiger partial charge in [0.2, 0.25) is 0 Å². The number of fused-ring (bicyclic) bond motifs is 1. The average Bonchev–Trinajstić information content (AvgIpc) is 3.18. The SMILES string of the molecule is CO[C@H]1CC1CC(=O)c1cnn2c(N(C)C(=O)OC(C)(C)C)cc(Cl)nc12. The molecule has 1 saturated carbocycles. The molecule has 1 fully saturated rings. The van der Waals surface area contributed by atoms with Crippen molar-refractivity contribution in [2.45, 2.75) is 45.3 Å². The van der Waals surface area contributed by atoms with Crippen molar-refractivity contribution in [1.82, 2.24) is 14.6 Å². The molecule has 2 atom stereocenters. The number of anilines is 1. The highest BCUT2D eigenvalue weighted by Crippen LogP contribution is 2.37. The number of methoxy groups -OCH3 is 1. The highest BCUT2D eigenvalue weighted by molar-refractivity contribution is 6.30. The lowest BCUT2D eigenvalue weighted by atomic mass is 10.1. The van der Waals surface area contributed by atoms with Gasteiger partial charge >= 0.3 is 6.09 Å². The van der Waals surface area contributed by atoms with E-state index in [-0.39, 0.29) is 23.0 Å². The van der Waals surface area contributed by atoms with Crippen molar-refractivity contribution in [3.8, 4) is 0 Å². The Morgan fingerprint density at radius 2 is 2.11 bits per heavy atom. The van der Waals surface area contributed by atoms with E-state index in [0.717, 1.165) is 6.42 Å². The molecule has 1 aliphatic carbocycles.